The summed E-state index contributed by atoms with van der Waals surface area (Å²) in [6.07, 6.45) is 8.06. The van der Waals surface area contributed by atoms with E-state index in [0.29, 0.717) is 6.42 Å². The molecule has 0 fully saturated rings. The van der Waals surface area contributed by atoms with Gasteiger partial charge in [0.15, 0.2) is 5.78 Å². The summed E-state index contributed by atoms with van der Waals surface area (Å²) in [6, 6.07) is 10.2. The minimum atomic E-state index is -0.165. The number of hydrogen-bond acceptors (Lipinski definition) is 1. The Labute approximate surface area is 90.1 Å². The van der Waals surface area contributed by atoms with Gasteiger partial charge in [0.05, 0.1) is 0 Å². The summed E-state index contributed by atoms with van der Waals surface area (Å²) in [5.41, 5.74) is 1.03. The van der Waals surface area contributed by atoms with Crippen LogP contribution in [0.15, 0.2) is 54.6 Å². The predicted octanol–water partition coefficient (Wildman–Crippen LogP) is 3.03. The van der Waals surface area contributed by atoms with E-state index in [1.165, 1.54) is 5.56 Å². The molecule has 1 nitrogen and oxygen atoms in total. The standard InChI is InChI=1S/C14H14O/c1-14(12-7-3-2-4-8-12)10-6-5-9-13(15)11-14/h2-10H,11H2,1H3. The maximum atomic E-state index is 11.5. The molecule has 2 rings (SSSR count). The molecule has 0 aliphatic heterocycles. The highest BCUT2D eigenvalue weighted by Crippen LogP contribution is 2.30. The lowest BCUT2D eigenvalue weighted by Crippen LogP contribution is -2.21. The quantitative estimate of drug-likeness (QED) is 0.678. The van der Waals surface area contributed by atoms with E-state index in [0.717, 1.165) is 0 Å². The molecule has 0 aromatic heterocycles. The van der Waals surface area contributed by atoms with Crippen LogP contribution in [0.4, 0.5) is 0 Å². The van der Waals surface area contributed by atoms with Crippen LogP contribution in [0, 0.1) is 0 Å². The molecule has 1 aromatic rings. The zero-order valence-electron chi connectivity index (χ0n) is 8.81. The number of carbonyl (C=O) groups is 1. The fourth-order valence-electron chi connectivity index (χ4n) is 1.93. The maximum absolute atomic E-state index is 11.5. The van der Waals surface area contributed by atoms with E-state index in [2.05, 4.69) is 25.1 Å². The van der Waals surface area contributed by atoms with Crippen LogP contribution in [0.1, 0.15) is 18.9 Å². The molecule has 0 heterocycles. The summed E-state index contributed by atoms with van der Waals surface area (Å²) in [5.74, 6) is 0.186. The molecule has 1 atom stereocenters. The van der Waals surface area contributed by atoms with Gasteiger partial charge >= 0.3 is 0 Å². The van der Waals surface area contributed by atoms with E-state index in [1.807, 2.05) is 30.4 Å². The third kappa shape index (κ3) is 2.07. The first-order valence-electron chi connectivity index (χ1n) is 5.15. The lowest BCUT2D eigenvalue weighted by Gasteiger charge is -2.24. The molecule has 0 radical (unpaired) electrons. The van der Waals surface area contributed by atoms with Crippen molar-refractivity contribution in [2.75, 3.05) is 0 Å². The van der Waals surface area contributed by atoms with Crippen LogP contribution in [0.5, 0.6) is 0 Å². The van der Waals surface area contributed by atoms with Crippen LogP contribution in [0.3, 0.4) is 0 Å². The highest BCUT2D eigenvalue weighted by Gasteiger charge is 2.26. The van der Waals surface area contributed by atoms with E-state index in [4.69, 9.17) is 0 Å². The predicted molar refractivity (Wildman–Crippen MR) is 61.7 cm³/mol. The first-order valence-corrected chi connectivity index (χ1v) is 5.15. The molecule has 0 bridgehead atoms. The van der Waals surface area contributed by atoms with Crippen LogP contribution in [0.2, 0.25) is 0 Å². The summed E-state index contributed by atoms with van der Waals surface area (Å²) in [6.45, 7) is 2.10. The Morgan fingerprint density at radius 1 is 1.13 bits per heavy atom. The molecular formula is C14H14O. The fraction of sp³-hybridized carbons (Fsp3) is 0.214. The van der Waals surface area contributed by atoms with Gasteiger partial charge in [-0.15, -0.1) is 0 Å². The van der Waals surface area contributed by atoms with Crippen LogP contribution in [0.25, 0.3) is 0 Å². The molecule has 0 amide bonds. The first kappa shape index (κ1) is 9.91. The van der Waals surface area contributed by atoms with Crippen LogP contribution >= 0.6 is 0 Å². The van der Waals surface area contributed by atoms with Crippen LogP contribution in [-0.4, -0.2) is 5.78 Å². The number of rotatable bonds is 1. The van der Waals surface area contributed by atoms with E-state index in [-0.39, 0.29) is 11.2 Å². The second-order valence-electron chi connectivity index (χ2n) is 4.14. The Hall–Kier alpha value is -1.63. The Morgan fingerprint density at radius 3 is 2.60 bits per heavy atom. The normalized spacial score (nSPS) is 25.3. The summed E-state index contributed by atoms with van der Waals surface area (Å²) < 4.78 is 0. The zero-order chi connectivity index (χ0) is 10.7. The Bertz CT molecular complexity index is 414. The van der Waals surface area contributed by atoms with Crippen molar-refractivity contribution >= 4 is 5.78 Å². The molecule has 0 spiro atoms. The van der Waals surface area contributed by atoms with Gasteiger partial charge < -0.3 is 0 Å². The summed E-state index contributed by atoms with van der Waals surface area (Å²) in [7, 11) is 0. The minimum Gasteiger partial charge on any atom is -0.295 e. The van der Waals surface area contributed by atoms with Gasteiger partial charge in [-0.1, -0.05) is 55.5 Å². The van der Waals surface area contributed by atoms with Gasteiger partial charge in [0.1, 0.15) is 0 Å². The molecule has 76 valence electrons. The van der Waals surface area contributed by atoms with Gasteiger partial charge in [-0.2, -0.15) is 0 Å². The van der Waals surface area contributed by atoms with Gasteiger partial charge in [0, 0.05) is 11.8 Å². The van der Waals surface area contributed by atoms with Gasteiger partial charge in [0.2, 0.25) is 0 Å². The lowest BCUT2D eigenvalue weighted by molar-refractivity contribution is -0.115. The summed E-state index contributed by atoms with van der Waals surface area (Å²) >= 11 is 0. The molecule has 1 aliphatic carbocycles. The van der Waals surface area contributed by atoms with Crippen molar-refractivity contribution in [2.45, 2.75) is 18.8 Å². The molecule has 0 N–H and O–H groups in total. The molecular weight excluding hydrogens is 184 g/mol. The van der Waals surface area contributed by atoms with Crippen molar-refractivity contribution in [2.24, 2.45) is 0 Å². The number of allylic oxidation sites excluding steroid dienone is 4. The van der Waals surface area contributed by atoms with E-state index >= 15 is 0 Å². The van der Waals surface area contributed by atoms with Crippen LogP contribution < -0.4 is 0 Å². The third-order valence-corrected chi connectivity index (χ3v) is 2.83. The average molecular weight is 198 g/mol. The molecule has 1 unspecified atom stereocenters. The number of ketones is 1. The van der Waals surface area contributed by atoms with Crippen molar-refractivity contribution in [3.8, 4) is 0 Å². The van der Waals surface area contributed by atoms with Crippen molar-refractivity contribution in [3.05, 3.63) is 60.2 Å². The summed E-state index contributed by atoms with van der Waals surface area (Å²) in [4.78, 5) is 11.5. The largest absolute Gasteiger partial charge is 0.295 e. The Kier molecular flexibility index (Phi) is 2.55. The van der Waals surface area contributed by atoms with Gasteiger partial charge in [-0.25, -0.2) is 0 Å². The zero-order valence-corrected chi connectivity index (χ0v) is 8.81. The molecule has 1 aliphatic rings. The first-order chi connectivity index (χ1) is 7.21. The van der Waals surface area contributed by atoms with Crippen molar-refractivity contribution in [3.63, 3.8) is 0 Å². The van der Waals surface area contributed by atoms with E-state index in [1.54, 1.807) is 6.08 Å². The van der Waals surface area contributed by atoms with Crippen molar-refractivity contribution in [1.29, 1.82) is 0 Å². The topological polar surface area (TPSA) is 17.1 Å². The number of hydrogen-bond donors (Lipinski definition) is 0. The SMILES string of the molecule is CC1(c2ccccc2)C=CC=CC(=O)C1. The highest BCUT2D eigenvalue weighted by molar-refractivity contribution is 5.91. The van der Waals surface area contributed by atoms with E-state index in [9.17, 15) is 4.79 Å². The van der Waals surface area contributed by atoms with Gasteiger partial charge in [-0.05, 0) is 11.6 Å². The van der Waals surface area contributed by atoms with Crippen LogP contribution in [-0.2, 0) is 10.2 Å². The van der Waals surface area contributed by atoms with E-state index < -0.39 is 0 Å². The average Bonchev–Trinajstić information content (AvgIpc) is 2.42. The lowest BCUT2D eigenvalue weighted by atomic mass is 9.78. The number of carbonyl (C=O) groups excluding carboxylic acids is 1. The second kappa shape index (κ2) is 3.85. The number of benzene rings is 1. The van der Waals surface area contributed by atoms with Crippen molar-refractivity contribution < 1.29 is 4.79 Å². The smallest absolute Gasteiger partial charge is 0.156 e. The molecule has 15 heavy (non-hydrogen) atoms. The van der Waals surface area contributed by atoms with Crippen molar-refractivity contribution in [1.82, 2.24) is 0 Å². The monoisotopic (exact) mass is 198 g/mol. The highest BCUT2D eigenvalue weighted by atomic mass is 16.1. The Balaban J connectivity index is 2.38. The second-order valence-corrected chi connectivity index (χ2v) is 4.14. The molecule has 1 heteroatoms. The minimum absolute atomic E-state index is 0.165. The van der Waals surface area contributed by atoms with Gasteiger partial charge in [0.25, 0.3) is 0 Å². The third-order valence-electron chi connectivity index (χ3n) is 2.83. The maximum Gasteiger partial charge on any atom is 0.156 e. The summed E-state index contributed by atoms with van der Waals surface area (Å²) in [5, 5.41) is 0. The molecule has 0 saturated carbocycles. The van der Waals surface area contributed by atoms with Gasteiger partial charge in [-0.3, -0.25) is 4.79 Å². The fourth-order valence-corrected chi connectivity index (χ4v) is 1.93. The molecule has 1 aromatic carbocycles. The Morgan fingerprint density at radius 2 is 1.87 bits per heavy atom. The molecule has 0 saturated heterocycles.